The van der Waals surface area contributed by atoms with Crippen LogP contribution in [0.3, 0.4) is 0 Å². The van der Waals surface area contributed by atoms with E-state index >= 15 is 0 Å². The summed E-state index contributed by atoms with van der Waals surface area (Å²) in [6, 6.07) is 0. The Kier molecular flexibility index (Phi) is 5.25. The standard InChI is InChI=1S/C10H16N4O4/c1-7-9(10(16)18-6-5-17-2)12-13-14(7)4-3-8(11)15/h3-6H2,1-2H3,(H2,11,15). The lowest BCUT2D eigenvalue weighted by atomic mass is 10.3. The topological polar surface area (TPSA) is 109 Å². The van der Waals surface area contributed by atoms with Crippen LogP contribution in [0.1, 0.15) is 22.6 Å². The Labute approximate surface area is 104 Å². The highest BCUT2D eigenvalue weighted by Gasteiger charge is 2.17. The fraction of sp³-hybridized carbons (Fsp3) is 0.600. The number of carbonyl (C=O) groups excluding carboxylic acids is 2. The summed E-state index contributed by atoms with van der Waals surface area (Å²) in [7, 11) is 1.51. The van der Waals surface area contributed by atoms with Crippen LogP contribution in [0.5, 0.6) is 0 Å². The van der Waals surface area contributed by atoms with Crippen LogP contribution in [-0.4, -0.2) is 47.2 Å². The van der Waals surface area contributed by atoms with Crippen molar-refractivity contribution in [2.24, 2.45) is 5.73 Å². The van der Waals surface area contributed by atoms with Gasteiger partial charge in [-0.25, -0.2) is 9.48 Å². The second-order valence-electron chi connectivity index (χ2n) is 3.59. The van der Waals surface area contributed by atoms with Gasteiger partial charge in [-0.15, -0.1) is 5.10 Å². The molecule has 0 aliphatic rings. The van der Waals surface area contributed by atoms with Crippen LogP contribution >= 0.6 is 0 Å². The van der Waals surface area contributed by atoms with Crippen molar-refractivity contribution in [2.45, 2.75) is 19.9 Å². The van der Waals surface area contributed by atoms with Gasteiger partial charge in [0.1, 0.15) is 6.61 Å². The monoisotopic (exact) mass is 256 g/mol. The van der Waals surface area contributed by atoms with Crippen LogP contribution in [-0.2, 0) is 20.8 Å². The average Bonchev–Trinajstić information content (AvgIpc) is 2.68. The molecule has 0 saturated heterocycles. The Bertz CT molecular complexity index is 430. The predicted octanol–water partition coefficient (Wildman–Crippen LogP) is -0.735. The van der Waals surface area contributed by atoms with Crippen LogP contribution in [0, 0.1) is 6.92 Å². The lowest BCUT2D eigenvalue weighted by molar-refractivity contribution is -0.118. The van der Waals surface area contributed by atoms with E-state index in [1.54, 1.807) is 6.92 Å². The molecule has 2 N–H and O–H groups in total. The van der Waals surface area contributed by atoms with Gasteiger partial charge in [-0.05, 0) is 6.92 Å². The van der Waals surface area contributed by atoms with E-state index in [2.05, 4.69) is 10.3 Å². The number of aryl methyl sites for hydroxylation is 1. The molecule has 1 aromatic heterocycles. The number of methoxy groups -OCH3 is 1. The van der Waals surface area contributed by atoms with Crippen LogP contribution in [0.25, 0.3) is 0 Å². The summed E-state index contributed by atoms with van der Waals surface area (Å²) in [5, 5.41) is 7.48. The van der Waals surface area contributed by atoms with Gasteiger partial charge in [0.15, 0.2) is 5.69 Å². The minimum absolute atomic E-state index is 0.135. The van der Waals surface area contributed by atoms with Gasteiger partial charge in [-0.3, -0.25) is 4.79 Å². The number of aromatic nitrogens is 3. The van der Waals surface area contributed by atoms with Gasteiger partial charge in [0.05, 0.1) is 18.8 Å². The van der Waals surface area contributed by atoms with E-state index in [0.717, 1.165) is 0 Å². The quantitative estimate of drug-likeness (QED) is 0.508. The summed E-state index contributed by atoms with van der Waals surface area (Å²) in [5.41, 5.74) is 5.71. The van der Waals surface area contributed by atoms with Crippen molar-refractivity contribution in [3.63, 3.8) is 0 Å². The molecule has 0 fully saturated rings. The summed E-state index contributed by atoms with van der Waals surface area (Å²) in [5.74, 6) is -0.996. The molecule has 0 atom stereocenters. The molecule has 1 amide bonds. The molecule has 1 rings (SSSR count). The van der Waals surface area contributed by atoms with Crippen LogP contribution in [0.15, 0.2) is 0 Å². The van der Waals surface area contributed by atoms with Crippen molar-refractivity contribution >= 4 is 11.9 Å². The first-order valence-corrected chi connectivity index (χ1v) is 5.40. The number of esters is 1. The van der Waals surface area contributed by atoms with Crippen molar-refractivity contribution in [1.29, 1.82) is 0 Å². The zero-order valence-electron chi connectivity index (χ0n) is 10.4. The third kappa shape index (κ3) is 3.81. The minimum atomic E-state index is -0.560. The number of carbonyl (C=O) groups is 2. The maximum atomic E-state index is 11.6. The Morgan fingerprint density at radius 2 is 2.11 bits per heavy atom. The molecular formula is C10H16N4O4. The molecule has 1 aromatic rings. The van der Waals surface area contributed by atoms with E-state index in [1.165, 1.54) is 11.8 Å². The Morgan fingerprint density at radius 1 is 1.39 bits per heavy atom. The second kappa shape index (κ2) is 6.70. The Balaban J connectivity index is 2.61. The van der Waals surface area contributed by atoms with E-state index in [0.29, 0.717) is 18.8 Å². The SMILES string of the molecule is COCCOC(=O)c1nnn(CCC(N)=O)c1C. The van der Waals surface area contributed by atoms with Crippen molar-refractivity contribution in [3.05, 3.63) is 11.4 Å². The average molecular weight is 256 g/mol. The number of amides is 1. The molecule has 100 valence electrons. The molecule has 0 unspecified atom stereocenters. The van der Waals surface area contributed by atoms with Crippen LogP contribution < -0.4 is 5.73 Å². The maximum Gasteiger partial charge on any atom is 0.360 e. The normalized spacial score (nSPS) is 10.3. The molecule has 0 aliphatic heterocycles. The highest BCUT2D eigenvalue weighted by atomic mass is 16.6. The van der Waals surface area contributed by atoms with E-state index < -0.39 is 11.9 Å². The third-order valence-corrected chi connectivity index (χ3v) is 2.27. The zero-order valence-corrected chi connectivity index (χ0v) is 10.4. The molecule has 1 heterocycles. The van der Waals surface area contributed by atoms with Gasteiger partial charge in [0.2, 0.25) is 5.91 Å². The Morgan fingerprint density at radius 3 is 2.72 bits per heavy atom. The van der Waals surface area contributed by atoms with Crippen molar-refractivity contribution in [3.8, 4) is 0 Å². The summed E-state index contributed by atoms with van der Waals surface area (Å²) >= 11 is 0. The first-order valence-electron chi connectivity index (χ1n) is 5.40. The van der Waals surface area contributed by atoms with Crippen molar-refractivity contribution in [2.75, 3.05) is 20.3 Å². The second-order valence-corrected chi connectivity index (χ2v) is 3.59. The Hall–Kier alpha value is -1.96. The van der Waals surface area contributed by atoms with Gasteiger partial charge in [-0.2, -0.15) is 0 Å². The van der Waals surface area contributed by atoms with Crippen molar-refractivity contribution in [1.82, 2.24) is 15.0 Å². The molecule has 8 heteroatoms. The van der Waals surface area contributed by atoms with E-state index in [1.807, 2.05) is 0 Å². The molecular weight excluding hydrogens is 240 g/mol. The fourth-order valence-corrected chi connectivity index (χ4v) is 1.26. The molecule has 0 aliphatic carbocycles. The van der Waals surface area contributed by atoms with Crippen LogP contribution in [0.2, 0.25) is 0 Å². The number of ether oxygens (including phenoxy) is 2. The van der Waals surface area contributed by atoms with Gasteiger partial charge >= 0.3 is 5.97 Å². The molecule has 0 bridgehead atoms. The first kappa shape index (κ1) is 14.1. The lowest BCUT2D eigenvalue weighted by Crippen LogP contribution is -2.16. The maximum absolute atomic E-state index is 11.6. The fourth-order valence-electron chi connectivity index (χ4n) is 1.26. The molecule has 0 saturated carbocycles. The number of nitrogens with zero attached hydrogens (tertiary/aromatic N) is 3. The smallest absolute Gasteiger partial charge is 0.360 e. The highest BCUT2D eigenvalue weighted by molar-refractivity contribution is 5.88. The van der Waals surface area contributed by atoms with E-state index in [-0.39, 0.29) is 18.7 Å². The zero-order chi connectivity index (χ0) is 13.5. The lowest BCUT2D eigenvalue weighted by Gasteiger charge is -2.03. The number of primary amides is 1. The number of hydrogen-bond acceptors (Lipinski definition) is 6. The number of nitrogens with two attached hydrogens (primary N) is 1. The first-order chi connectivity index (χ1) is 8.56. The molecule has 0 aromatic carbocycles. The van der Waals surface area contributed by atoms with Gasteiger partial charge in [0, 0.05) is 13.5 Å². The molecule has 18 heavy (non-hydrogen) atoms. The number of hydrogen-bond donors (Lipinski definition) is 1. The van der Waals surface area contributed by atoms with Gasteiger partial charge in [-0.1, -0.05) is 5.21 Å². The summed E-state index contributed by atoms with van der Waals surface area (Å²) in [6.45, 7) is 2.44. The van der Waals surface area contributed by atoms with Gasteiger partial charge in [0.25, 0.3) is 0 Å². The molecule has 0 radical (unpaired) electrons. The summed E-state index contributed by atoms with van der Waals surface area (Å²) < 4.78 is 11.1. The highest BCUT2D eigenvalue weighted by Crippen LogP contribution is 2.06. The third-order valence-electron chi connectivity index (χ3n) is 2.27. The van der Waals surface area contributed by atoms with E-state index in [4.69, 9.17) is 15.2 Å². The molecule has 8 nitrogen and oxygen atoms in total. The predicted molar refractivity (Wildman–Crippen MR) is 60.7 cm³/mol. The summed E-state index contributed by atoms with van der Waals surface area (Å²) in [4.78, 5) is 22.3. The largest absolute Gasteiger partial charge is 0.458 e. The van der Waals surface area contributed by atoms with E-state index in [9.17, 15) is 9.59 Å². The van der Waals surface area contributed by atoms with Crippen LogP contribution in [0.4, 0.5) is 0 Å². The summed E-state index contributed by atoms with van der Waals surface area (Å²) in [6.07, 6.45) is 0.141. The number of rotatable bonds is 7. The van der Waals surface area contributed by atoms with Gasteiger partial charge < -0.3 is 15.2 Å². The minimum Gasteiger partial charge on any atom is -0.458 e. The molecule has 0 spiro atoms. The van der Waals surface area contributed by atoms with Crippen molar-refractivity contribution < 1.29 is 19.1 Å².